The zero-order valence-electron chi connectivity index (χ0n) is 7.96. The van der Waals surface area contributed by atoms with Crippen LogP contribution in [0.1, 0.15) is 5.56 Å². The van der Waals surface area contributed by atoms with Crippen molar-refractivity contribution in [1.82, 2.24) is 0 Å². The first-order valence-electron chi connectivity index (χ1n) is 4.58. The molecule has 0 radical (unpaired) electrons. The van der Waals surface area contributed by atoms with Crippen molar-refractivity contribution in [2.24, 2.45) is 5.41 Å². The maximum absolute atomic E-state index is 13.3. The number of rotatable bonds is 2. The summed E-state index contributed by atoms with van der Waals surface area (Å²) in [6.45, 7) is 0.582. The third-order valence-electron chi connectivity index (χ3n) is 2.53. The lowest BCUT2D eigenvalue weighted by Gasteiger charge is -2.35. The number of nitriles is 1. The summed E-state index contributed by atoms with van der Waals surface area (Å²) in [5, 5.41) is 8.91. The Bertz CT molecular complexity index is 421. The van der Waals surface area contributed by atoms with Crippen LogP contribution in [-0.4, -0.2) is 13.2 Å². The second-order valence-corrected chi connectivity index (χ2v) is 3.80. The van der Waals surface area contributed by atoms with Gasteiger partial charge < -0.3 is 4.74 Å². The Morgan fingerprint density at radius 3 is 2.67 bits per heavy atom. The van der Waals surface area contributed by atoms with Gasteiger partial charge in [-0.2, -0.15) is 5.26 Å². The van der Waals surface area contributed by atoms with Gasteiger partial charge in [-0.05, 0) is 30.2 Å². The summed E-state index contributed by atoms with van der Waals surface area (Å²) < 4.78 is 31.1. The molecule has 1 aliphatic heterocycles. The SMILES string of the molecule is N#CC1(Cc2cc(F)ccc2F)COC1. The molecule has 0 bridgehead atoms. The van der Waals surface area contributed by atoms with E-state index in [2.05, 4.69) is 6.07 Å². The number of hydrogen-bond donors (Lipinski definition) is 0. The maximum Gasteiger partial charge on any atom is 0.126 e. The molecule has 1 aromatic carbocycles. The number of halogens is 2. The van der Waals surface area contributed by atoms with Crippen LogP contribution in [0.2, 0.25) is 0 Å². The predicted molar refractivity (Wildman–Crippen MR) is 48.9 cm³/mol. The van der Waals surface area contributed by atoms with Gasteiger partial charge in [0.15, 0.2) is 0 Å². The Hall–Kier alpha value is -1.47. The molecule has 0 aromatic heterocycles. The van der Waals surface area contributed by atoms with Crippen molar-refractivity contribution < 1.29 is 13.5 Å². The fraction of sp³-hybridized carbons (Fsp3) is 0.364. The second-order valence-electron chi connectivity index (χ2n) is 3.80. The Morgan fingerprint density at radius 2 is 2.13 bits per heavy atom. The minimum absolute atomic E-state index is 0.201. The number of nitrogens with zero attached hydrogens (tertiary/aromatic N) is 1. The van der Waals surface area contributed by atoms with Crippen molar-refractivity contribution in [3.05, 3.63) is 35.4 Å². The summed E-state index contributed by atoms with van der Waals surface area (Å²) in [4.78, 5) is 0. The van der Waals surface area contributed by atoms with Gasteiger partial charge in [-0.15, -0.1) is 0 Å². The van der Waals surface area contributed by atoms with Gasteiger partial charge in [-0.3, -0.25) is 0 Å². The molecule has 1 aliphatic rings. The molecule has 78 valence electrons. The van der Waals surface area contributed by atoms with E-state index in [1.165, 1.54) is 0 Å². The Kier molecular flexibility index (Phi) is 2.41. The lowest BCUT2D eigenvalue weighted by Crippen LogP contribution is -2.43. The van der Waals surface area contributed by atoms with Gasteiger partial charge >= 0.3 is 0 Å². The van der Waals surface area contributed by atoms with Gasteiger partial charge in [0.05, 0.1) is 19.3 Å². The first-order valence-corrected chi connectivity index (χ1v) is 4.58. The standard InChI is InChI=1S/C11H9F2NO/c12-9-1-2-10(13)8(3-9)4-11(5-14)6-15-7-11/h1-3H,4,6-7H2. The molecular weight excluding hydrogens is 200 g/mol. The topological polar surface area (TPSA) is 33.0 Å². The molecule has 4 heteroatoms. The van der Waals surface area contributed by atoms with Crippen LogP contribution in [-0.2, 0) is 11.2 Å². The quantitative estimate of drug-likeness (QED) is 0.746. The Morgan fingerprint density at radius 1 is 1.40 bits per heavy atom. The third-order valence-corrected chi connectivity index (χ3v) is 2.53. The van der Waals surface area contributed by atoms with Crippen molar-refractivity contribution in [3.8, 4) is 6.07 Å². The molecule has 0 unspecified atom stereocenters. The minimum Gasteiger partial charge on any atom is -0.378 e. The lowest BCUT2D eigenvalue weighted by molar-refractivity contribution is -0.0768. The fourth-order valence-electron chi connectivity index (χ4n) is 1.60. The smallest absolute Gasteiger partial charge is 0.126 e. The molecule has 1 aromatic rings. The number of benzene rings is 1. The highest BCUT2D eigenvalue weighted by atomic mass is 19.1. The van der Waals surface area contributed by atoms with E-state index in [-0.39, 0.29) is 12.0 Å². The van der Waals surface area contributed by atoms with Gasteiger partial charge in [-0.1, -0.05) is 0 Å². The van der Waals surface area contributed by atoms with E-state index >= 15 is 0 Å². The highest BCUT2D eigenvalue weighted by Crippen LogP contribution is 2.31. The largest absolute Gasteiger partial charge is 0.378 e. The maximum atomic E-state index is 13.3. The van der Waals surface area contributed by atoms with Crippen molar-refractivity contribution in [1.29, 1.82) is 5.26 Å². The highest BCUT2D eigenvalue weighted by Gasteiger charge is 2.39. The summed E-state index contributed by atoms with van der Waals surface area (Å²) in [5.41, 5.74) is -0.436. The van der Waals surface area contributed by atoms with Gasteiger partial charge in [0, 0.05) is 0 Å². The molecule has 2 rings (SSSR count). The minimum atomic E-state index is -0.672. The highest BCUT2D eigenvalue weighted by molar-refractivity contribution is 5.23. The number of ether oxygens (including phenoxy) is 1. The van der Waals surface area contributed by atoms with Crippen LogP contribution >= 0.6 is 0 Å². The normalized spacial score (nSPS) is 17.9. The van der Waals surface area contributed by atoms with Crippen molar-refractivity contribution in [3.63, 3.8) is 0 Å². The van der Waals surface area contributed by atoms with E-state index in [1.54, 1.807) is 0 Å². The average molecular weight is 209 g/mol. The van der Waals surface area contributed by atoms with E-state index in [1.807, 2.05) is 0 Å². The van der Waals surface area contributed by atoms with Gasteiger partial charge in [0.2, 0.25) is 0 Å². The second kappa shape index (κ2) is 3.59. The fourth-order valence-corrected chi connectivity index (χ4v) is 1.60. The van der Waals surface area contributed by atoms with Crippen LogP contribution < -0.4 is 0 Å². The Labute approximate surface area is 86.1 Å². The molecule has 1 fully saturated rings. The zero-order chi connectivity index (χ0) is 10.9. The van der Waals surface area contributed by atoms with Crippen molar-refractivity contribution in [2.45, 2.75) is 6.42 Å². The van der Waals surface area contributed by atoms with Crippen LogP contribution in [0.15, 0.2) is 18.2 Å². The van der Waals surface area contributed by atoms with Gasteiger partial charge in [0.25, 0.3) is 0 Å². The van der Waals surface area contributed by atoms with Gasteiger partial charge in [0.1, 0.15) is 17.0 Å². The molecule has 0 spiro atoms. The van der Waals surface area contributed by atoms with Crippen LogP contribution in [0.5, 0.6) is 0 Å². The molecule has 0 amide bonds. The average Bonchev–Trinajstić information content (AvgIpc) is 2.17. The van der Waals surface area contributed by atoms with E-state index in [4.69, 9.17) is 10.00 Å². The lowest BCUT2D eigenvalue weighted by atomic mass is 9.81. The van der Waals surface area contributed by atoms with E-state index in [9.17, 15) is 8.78 Å². The summed E-state index contributed by atoms with van der Waals surface area (Å²) in [6.07, 6.45) is 0.201. The molecular formula is C11H9F2NO. The molecule has 0 N–H and O–H groups in total. The summed E-state index contributed by atoms with van der Waals surface area (Å²) >= 11 is 0. The first-order chi connectivity index (χ1) is 7.15. The van der Waals surface area contributed by atoms with E-state index in [0.717, 1.165) is 18.2 Å². The van der Waals surface area contributed by atoms with Crippen molar-refractivity contribution in [2.75, 3.05) is 13.2 Å². The van der Waals surface area contributed by atoms with Crippen LogP contribution in [0, 0.1) is 28.4 Å². The first kappa shape index (κ1) is 10.1. The molecule has 2 nitrogen and oxygen atoms in total. The third kappa shape index (κ3) is 1.83. The van der Waals surface area contributed by atoms with E-state index < -0.39 is 17.0 Å². The monoisotopic (exact) mass is 209 g/mol. The molecule has 0 aliphatic carbocycles. The van der Waals surface area contributed by atoms with E-state index in [0.29, 0.717) is 13.2 Å². The summed E-state index contributed by atoms with van der Waals surface area (Å²) in [7, 11) is 0. The molecule has 1 heterocycles. The van der Waals surface area contributed by atoms with Crippen LogP contribution in [0.4, 0.5) is 8.78 Å². The molecule has 15 heavy (non-hydrogen) atoms. The van der Waals surface area contributed by atoms with Gasteiger partial charge in [-0.25, -0.2) is 8.78 Å². The molecule has 0 atom stereocenters. The zero-order valence-corrected chi connectivity index (χ0v) is 7.96. The van der Waals surface area contributed by atoms with Crippen molar-refractivity contribution >= 4 is 0 Å². The number of hydrogen-bond acceptors (Lipinski definition) is 2. The molecule has 1 saturated heterocycles. The van der Waals surface area contributed by atoms with Crippen LogP contribution in [0.25, 0.3) is 0 Å². The predicted octanol–water partition coefficient (Wildman–Crippen LogP) is 2.05. The van der Waals surface area contributed by atoms with Crippen LogP contribution in [0.3, 0.4) is 0 Å². The Balaban J connectivity index is 2.24. The summed E-state index contributed by atoms with van der Waals surface area (Å²) in [6, 6.07) is 5.37. The summed E-state index contributed by atoms with van der Waals surface area (Å²) in [5.74, 6) is -0.961. The molecule has 0 saturated carbocycles.